The number of hydrogen-bond donors (Lipinski definition) is 0. The molecule has 0 saturated heterocycles. The second kappa shape index (κ2) is 6.60. The maximum absolute atomic E-state index is 13.0. The zero-order chi connectivity index (χ0) is 16.2. The van der Waals surface area contributed by atoms with Crippen molar-refractivity contribution in [3.8, 4) is 0 Å². The standard InChI is InChI=1S/C18H20N4O/c1-3-11-21(18(23)14(2)22-13-19-12-20-22)17-10-6-8-15-7-4-5-9-16(15)17/h4-10,12-14H,3,11H2,1-2H3/t14-/m1/s1. The van der Waals surface area contributed by atoms with Crippen LogP contribution in [0.2, 0.25) is 0 Å². The van der Waals surface area contributed by atoms with Crippen LogP contribution < -0.4 is 4.90 Å². The van der Waals surface area contributed by atoms with Crippen LogP contribution in [0.4, 0.5) is 5.69 Å². The van der Waals surface area contributed by atoms with Crippen molar-refractivity contribution in [3.05, 3.63) is 55.1 Å². The highest BCUT2D eigenvalue weighted by molar-refractivity contribution is 6.04. The monoisotopic (exact) mass is 308 g/mol. The fourth-order valence-corrected chi connectivity index (χ4v) is 2.77. The highest BCUT2D eigenvalue weighted by atomic mass is 16.2. The number of rotatable bonds is 5. The van der Waals surface area contributed by atoms with Crippen molar-refractivity contribution in [1.82, 2.24) is 14.8 Å². The molecular formula is C18H20N4O. The normalized spacial score (nSPS) is 12.3. The van der Waals surface area contributed by atoms with E-state index in [-0.39, 0.29) is 11.9 Å². The number of benzene rings is 2. The molecule has 0 N–H and O–H groups in total. The Balaban J connectivity index is 2.02. The van der Waals surface area contributed by atoms with Gasteiger partial charge in [-0.25, -0.2) is 9.67 Å². The van der Waals surface area contributed by atoms with Gasteiger partial charge in [0.05, 0.1) is 5.69 Å². The lowest BCUT2D eigenvalue weighted by Gasteiger charge is -2.26. The van der Waals surface area contributed by atoms with Crippen LogP contribution in [-0.2, 0) is 4.79 Å². The van der Waals surface area contributed by atoms with E-state index in [1.54, 1.807) is 11.0 Å². The molecule has 0 spiro atoms. The van der Waals surface area contributed by atoms with E-state index < -0.39 is 0 Å². The second-order valence-electron chi connectivity index (χ2n) is 5.54. The van der Waals surface area contributed by atoms with E-state index in [2.05, 4.69) is 35.2 Å². The van der Waals surface area contributed by atoms with Crippen LogP contribution in [-0.4, -0.2) is 27.2 Å². The molecule has 2 aromatic carbocycles. The van der Waals surface area contributed by atoms with Crippen LogP contribution in [0.25, 0.3) is 10.8 Å². The lowest BCUT2D eigenvalue weighted by molar-refractivity contribution is -0.121. The Labute approximate surface area is 135 Å². The number of anilines is 1. The van der Waals surface area contributed by atoms with Crippen molar-refractivity contribution in [3.63, 3.8) is 0 Å². The van der Waals surface area contributed by atoms with Gasteiger partial charge in [-0.2, -0.15) is 5.10 Å². The minimum absolute atomic E-state index is 0.0219. The van der Waals surface area contributed by atoms with Gasteiger partial charge in [0.2, 0.25) is 0 Å². The number of aromatic nitrogens is 3. The Morgan fingerprint density at radius 2 is 2.00 bits per heavy atom. The fourth-order valence-electron chi connectivity index (χ4n) is 2.77. The van der Waals surface area contributed by atoms with Gasteiger partial charge in [0, 0.05) is 11.9 Å². The third-order valence-electron chi connectivity index (χ3n) is 3.96. The molecule has 0 bridgehead atoms. The van der Waals surface area contributed by atoms with Crippen LogP contribution in [0.3, 0.4) is 0 Å². The fraction of sp³-hybridized carbons (Fsp3) is 0.278. The third-order valence-corrected chi connectivity index (χ3v) is 3.96. The average Bonchev–Trinajstić information content (AvgIpc) is 3.12. The molecule has 5 heteroatoms. The average molecular weight is 308 g/mol. The number of carbonyl (C=O) groups excluding carboxylic acids is 1. The number of amides is 1. The second-order valence-corrected chi connectivity index (χ2v) is 5.54. The SMILES string of the molecule is CCCN(C(=O)[C@@H](C)n1cncn1)c1cccc2ccccc12. The number of nitrogens with zero attached hydrogens (tertiary/aromatic N) is 4. The predicted molar refractivity (Wildman–Crippen MR) is 91.3 cm³/mol. The molecule has 1 aromatic heterocycles. The predicted octanol–water partition coefficient (Wildman–Crippen LogP) is 3.44. The van der Waals surface area contributed by atoms with E-state index in [9.17, 15) is 4.79 Å². The molecule has 3 rings (SSSR count). The van der Waals surface area contributed by atoms with Gasteiger partial charge in [0.25, 0.3) is 5.91 Å². The summed E-state index contributed by atoms with van der Waals surface area (Å²) in [6.45, 7) is 4.60. The Morgan fingerprint density at radius 1 is 1.22 bits per heavy atom. The quantitative estimate of drug-likeness (QED) is 0.725. The van der Waals surface area contributed by atoms with Gasteiger partial charge >= 0.3 is 0 Å². The largest absolute Gasteiger partial charge is 0.310 e. The Bertz CT molecular complexity index is 792. The summed E-state index contributed by atoms with van der Waals surface area (Å²) in [6.07, 6.45) is 3.92. The molecule has 1 heterocycles. The molecule has 0 fully saturated rings. The number of fused-ring (bicyclic) bond motifs is 1. The lowest BCUT2D eigenvalue weighted by Crippen LogP contribution is -2.37. The topological polar surface area (TPSA) is 51.0 Å². The Kier molecular flexibility index (Phi) is 4.37. The minimum atomic E-state index is -0.386. The van der Waals surface area contributed by atoms with E-state index in [1.165, 1.54) is 6.33 Å². The summed E-state index contributed by atoms with van der Waals surface area (Å²) in [5.74, 6) is 0.0219. The third kappa shape index (κ3) is 2.95. The molecule has 23 heavy (non-hydrogen) atoms. The molecule has 1 atom stereocenters. The maximum Gasteiger partial charge on any atom is 0.251 e. The summed E-state index contributed by atoms with van der Waals surface area (Å²) < 4.78 is 1.59. The minimum Gasteiger partial charge on any atom is -0.310 e. The van der Waals surface area contributed by atoms with Crippen LogP contribution >= 0.6 is 0 Å². The molecule has 1 amide bonds. The molecule has 0 aliphatic carbocycles. The van der Waals surface area contributed by atoms with Gasteiger partial charge in [-0.1, -0.05) is 43.3 Å². The molecule has 0 unspecified atom stereocenters. The first-order valence-electron chi connectivity index (χ1n) is 7.85. The van der Waals surface area contributed by atoms with E-state index in [1.807, 2.05) is 36.1 Å². The molecule has 118 valence electrons. The summed E-state index contributed by atoms with van der Waals surface area (Å²) in [5.41, 5.74) is 0.946. The van der Waals surface area contributed by atoms with Crippen LogP contribution in [0.1, 0.15) is 26.3 Å². The van der Waals surface area contributed by atoms with E-state index in [4.69, 9.17) is 0 Å². The zero-order valence-corrected chi connectivity index (χ0v) is 13.4. The van der Waals surface area contributed by atoms with Gasteiger partial charge in [-0.05, 0) is 24.8 Å². The molecule has 0 aliphatic heterocycles. The molecule has 0 aliphatic rings. The van der Waals surface area contributed by atoms with Crippen LogP contribution in [0, 0.1) is 0 Å². The van der Waals surface area contributed by atoms with E-state index in [0.29, 0.717) is 6.54 Å². The molecule has 0 saturated carbocycles. The van der Waals surface area contributed by atoms with Crippen molar-refractivity contribution in [2.75, 3.05) is 11.4 Å². The first-order valence-corrected chi connectivity index (χ1v) is 7.85. The molecule has 0 radical (unpaired) electrons. The van der Waals surface area contributed by atoms with Crippen molar-refractivity contribution in [2.24, 2.45) is 0 Å². The molecular weight excluding hydrogens is 288 g/mol. The lowest BCUT2D eigenvalue weighted by atomic mass is 10.1. The van der Waals surface area contributed by atoms with Crippen molar-refractivity contribution in [2.45, 2.75) is 26.3 Å². The number of carbonyl (C=O) groups is 1. The summed E-state index contributed by atoms with van der Waals surface area (Å²) >= 11 is 0. The Morgan fingerprint density at radius 3 is 2.74 bits per heavy atom. The molecule has 3 aromatic rings. The smallest absolute Gasteiger partial charge is 0.251 e. The summed E-state index contributed by atoms with van der Waals surface area (Å²) in [7, 11) is 0. The van der Waals surface area contributed by atoms with Crippen molar-refractivity contribution >= 4 is 22.4 Å². The van der Waals surface area contributed by atoms with Gasteiger partial charge < -0.3 is 4.90 Å². The Hall–Kier alpha value is -2.69. The summed E-state index contributed by atoms with van der Waals surface area (Å²) in [4.78, 5) is 18.8. The first-order chi connectivity index (χ1) is 11.2. The van der Waals surface area contributed by atoms with E-state index in [0.717, 1.165) is 22.9 Å². The summed E-state index contributed by atoms with van der Waals surface area (Å²) in [5, 5.41) is 6.31. The van der Waals surface area contributed by atoms with Gasteiger partial charge in [-0.15, -0.1) is 0 Å². The van der Waals surface area contributed by atoms with Gasteiger partial charge in [-0.3, -0.25) is 4.79 Å². The van der Waals surface area contributed by atoms with Crippen molar-refractivity contribution < 1.29 is 4.79 Å². The van der Waals surface area contributed by atoms with Crippen molar-refractivity contribution in [1.29, 1.82) is 0 Å². The zero-order valence-electron chi connectivity index (χ0n) is 13.4. The van der Waals surface area contributed by atoms with Crippen LogP contribution in [0.15, 0.2) is 55.1 Å². The van der Waals surface area contributed by atoms with Gasteiger partial charge in [0.15, 0.2) is 0 Å². The summed E-state index contributed by atoms with van der Waals surface area (Å²) in [6, 6.07) is 13.8. The first kappa shape index (κ1) is 15.2. The maximum atomic E-state index is 13.0. The van der Waals surface area contributed by atoms with Crippen LogP contribution in [0.5, 0.6) is 0 Å². The van der Waals surface area contributed by atoms with Gasteiger partial charge in [0.1, 0.15) is 18.7 Å². The van der Waals surface area contributed by atoms with E-state index >= 15 is 0 Å². The molecule has 5 nitrogen and oxygen atoms in total. The highest BCUT2D eigenvalue weighted by Crippen LogP contribution is 2.28. The highest BCUT2D eigenvalue weighted by Gasteiger charge is 2.24. The number of hydrogen-bond acceptors (Lipinski definition) is 3.